The fourth-order valence-corrected chi connectivity index (χ4v) is 3.34. The van der Waals surface area contributed by atoms with Crippen LogP contribution in [-0.4, -0.2) is 15.8 Å². The molecule has 2 aromatic carbocycles. The summed E-state index contributed by atoms with van der Waals surface area (Å²) >= 11 is 0. The average molecular weight is 372 g/mol. The highest BCUT2D eigenvalue weighted by atomic mass is 19.1. The van der Waals surface area contributed by atoms with Crippen LogP contribution < -0.4 is 11.3 Å². The quantitative estimate of drug-likeness (QED) is 0.422. The fraction of sp³-hybridized carbons (Fsp3) is 0.0455. The first-order chi connectivity index (χ1) is 13.5. The second-order valence-corrected chi connectivity index (χ2v) is 6.50. The summed E-state index contributed by atoms with van der Waals surface area (Å²) in [6.45, 7) is 1.66. The van der Waals surface area contributed by atoms with E-state index in [1.54, 1.807) is 35.9 Å². The third-order valence-corrected chi connectivity index (χ3v) is 4.79. The Kier molecular flexibility index (Phi) is 4.24. The van der Waals surface area contributed by atoms with Gasteiger partial charge in [0.1, 0.15) is 5.82 Å². The second kappa shape index (κ2) is 6.74. The molecule has 0 radical (unpaired) electrons. The molecule has 0 atom stereocenters. The van der Waals surface area contributed by atoms with Crippen LogP contribution in [0.25, 0.3) is 33.1 Å². The van der Waals surface area contributed by atoms with Gasteiger partial charge in [0, 0.05) is 46.7 Å². The summed E-state index contributed by atoms with van der Waals surface area (Å²) in [5, 5.41) is 9.07. The van der Waals surface area contributed by atoms with Crippen LogP contribution in [0.4, 0.5) is 4.39 Å². The van der Waals surface area contributed by atoms with Crippen LogP contribution in [0.5, 0.6) is 0 Å². The lowest BCUT2D eigenvalue weighted by Crippen LogP contribution is -2.18. The zero-order chi connectivity index (χ0) is 19.8. The number of nitrogens with one attached hydrogen (secondary N) is 1. The maximum Gasteiger partial charge on any atom is 0.255 e. The Balaban J connectivity index is 2.16. The minimum absolute atomic E-state index is 0.224. The number of hydrogen-bond acceptors (Lipinski definition) is 4. The van der Waals surface area contributed by atoms with E-state index in [4.69, 9.17) is 11.1 Å². The van der Waals surface area contributed by atoms with Gasteiger partial charge < -0.3 is 11.1 Å². The summed E-state index contributed by atoms with van der Waals surface area (Å²) in [6.07, 6.45) is 4.25. The molecular weight excluding hydrogens is 355 g/mol. The molecule has 3 N–H and O–H groups in total. The minimum Gasteiger partial charge on any atom is -0.404 e. The molecule has 4 aromatic rings. The maximum absolute atomic E-state index is 13.8. The molecule has 0 unspecified atom stereocenters. The first kappa shape index (κ1) is 17.6. The zero-order valence-corrected chi connectivity index (χ0v) is 15.1. The number of nitrogens with two attached hydrogens (primary N) is 1. The summed E-state index contributed by atoms with van der Waals surface area (Å²) in [6, 6.07) is 13.3. The van der Waals surface area contributed by atoms with Crippen molar-refractivity contribution >= 4 is 33.6 Å². The number of nitrogens with zero attached hydrogens (tertiary/aromatic N) is 2. The molecule has 2 aromatic heterocycles. The molecule has 2 heterocycles. The normalized spacial score (nSPS) is 11.9. The summed E-state index contributed by atoms with van der Waals surface area (Å²) < 4.78 is 15.3. The Bertz CT molecular complexity index is 1340. The summed E-state index contributed by atoms with van der Waals surface area (Å²) in [7, 11) is 0. The molecular formula is C22H17FN4O. The first-order valence-corrected chi connectivity index (χ1v) is 8.67. The van der Waals surface area contributed by atoms with Crippen LogP contribution in [0.3, 0.4) is 0 Å². The number of aryl methyl sites for hydroxylation is 1. The lowest BCUT2D eigenvalue weighted by atomic mass is 10.0. The van der Waals surface area contributed by atoms with Crippen molar-refractivity contribution < 1.29 is 4.39 Å². The molecule has 6 heteroatoms. The maximum atomic E-state index is 13.8. The van der Waals surface area contributed by atoms with E-state index in [0.717, 1.165) is 16.3 Å². The number of aromatic nitrogens is 2. The van der Waals surface area contributed by atoms with Crippen LogP contribution in [0.2, 0.25) is 0 Å². The van der Waals surface area contributed by atoms with E-state index in [9.17, 15) is 9.18 Å². The van der Waals surface area contributed by atoms with Gasteiger partial charge in [-0.15, -0.1) is 0 Å². The Morgan fingerprint density at radius 1 is 1.18 bits per heavy atom. The van der Waals surface area contributed by atoms with Crippen molar-refractivity contribution in [2.24, 2.45) is 5.73 Å². The van der Waals surface area contributed by atoms with Crippen LogP contribution in [0.1, 0.15) is 11.1 Å². The van der Waals surface area contributed by atoms with Crippen molar-refractivity contribution in [1.29, 1.82) is 5.41 Å². The number of pyridine rings is 2. The molecule has 0 bridgehead atoms. The van der Waals surface area contributed by atoms with Gasteiger partial charge in [0.25, 0.3) is 5.56 Å². The van der Waals surface area contributed by atoms with E-state index in [2.05, 4.69) is 4.98 Å². The van der Waals surface area contributed by atoms with Gasteiger partial charge in [-0.1, -0.05) is 6.07 Å². The van der Waals surface area contributed by atoms with Crippen molar-refractivity contribution in [3.8, 4) is 5.69 Å². The monoisotopic (exact) mass is 372 g/mol. The van der Waals surface area contributed by atoms with Crippen molar-refractivity contribution in [1.82, 2.24) is 9.55 Å². The van der Waals surface area contributed by atoms with Crippen molar-refractivity contribution in [3.63, 3.8) is 0 Å². The molecule has 0 amide bonds. The molecule has 4 rings (SSSR count). The second-order valence-electron chi connectivity index (χ2n) is 6.50. The van der Waals surface area contributed by atoms with Crippen LogP contribution >= 0.6 is 0 Å². The van der Waals surface area contributed by atoms with Gasteiger partial charge in [-0.2, -0.15) is 0 Å². The number of rotatable bonds is 3. The number of allylic oxidation sites excluding steroid dienone is 1. The van der Waals surface area contributed by atoms with Crippen molar-refractivity contribution in [2.45, 2.75) is 6.92 Å². The van der Waals surface area contributed by atoms with E-state index >= 15 is 0 Å². The predicted molar refractivity (Wildman–Crippen MR) is 110 cm³/mol. The van der Waals surface area contributed by atoms with Crippen LogP contribution in [-0.2, 0) is 0 Å². The van der Waals surface area contributed by atoms with Gasteiger partial charge in [0.05, 0.1) is 11.0 Å². The Hall–Kier alpha value is -3.80. The highest BCUT2D eigenvalue weighted by Gasteiger charge is 2.12. The Morgan fingerprint density at radius 3 is 2.71 bits per heavy atom. The van der Waals surface area contributed by atoms with Gasteiger partial charge in [0.2, 0.25) is 0 Å². The molecule has 0 aliphatic rings. The first-order valence-electron chi connectivity index (χ1n) is 8.67. The molecule has 138 valence electrons. The number of hydrogen-bond donors (Lipinski definition) is 2. The largest absolute Gasteiger partial charge is 0.404 e. The third kappa shape index (κ3) is 2.75. The average Bonchev–Trinajstić information content (AvgIpc) is 2.71. The zero-order valence-electron chi connectivity index (χ0n) is 15.1. The number of halogens is 1. The highest BCUT2D eigenvalue weighted by Crippen LogP contribution is 2.27. The Morgan fingerprint density at radius 2 is 2.00 bits per heavy atom. The standard InChI is InChI=1S/C22H17FN4O/c1-13-8-17(4-5-19(13)23)27-21(28)7-3-15-12-26-20-6-2-14(16(10-24)11-25)9-18(20)22(15)27/h2-12,24H,25H2,1H3/b16-11+,24-10?. The lowest BCUT2D eigenvalue weighted by molar-refractivity contribution is 0.618. The van der Waals surface area contributed by atoms with Crippen molar-refractivity contribution in [3.05, 3.63) is 88.2 Å². The summed E-state index contributed by atoms with van der Waals surface area (Å²) in [5.41, 5.74) is 9.12. The molecule has 28 heavy (non-hydrogen) atoms. The van der Waals surface area contributed by atoms with Gasteiger partial charge >= 0.3 is 0 Å². The van der Waals surface area contributed by atoms with E-state index in [1.807, 2.05) is 18.2 Å². The van der Waals surface area contributed by atoms with Gasteiger partial charge in [-0.05, 0) is 54.4 Å². The Labute approximate surface area is 160 Å². The highest BCUT2D eigenvalue weighted by molar-refractivity contribution is 6.11. The minimum atomic E-state index is -0.324. The molecule has 0 fully saturated rings. The summed E-state index contributed by atoms with van der Waals surface area (Å²) in [5.74, 6) is -0.324. The molecule has 0 saturated heterocycles. The molecule has 0 aliphatic carbocycles. The molecule has 0 spiro atoms. The van der Waals surface area contributed by atoms with E-state index in [0.29, 0.717) is 27.9 Å². The molecule has 5 nitrogen and oxygen atoms in total. The molecule has 0 saturated carbocycles. The van der Waals surface area contributed by atoms with E-state index < -0.39 is 0 Å². The summed E-state index contributed by atoms with van der Waals surface area (Å²) in [4.78, 5) is 17.3. The van der Waals surface area contributed by atoms with Gasteiger partial charge in [-0.3, -0.25) is 14.3 Å². The predicted octanol–water partition coefficient (Wildman–Crippen LogP) is 3.94. The number of benzene rings is 2. The van der Waals surface area contributed by atoms with Crippen LogP contribution in [0, 0.1) is 18.2 Å². The number of fused-ring (bicyclic) bond motifs is 3. The lowest BCUT2D eigenvalue weighted by Gasteiger charge is -2.14. The third-order valence-electron chi connectivity index (χ3n) is 4.79. The fourth-order valence-electron chi connectivity index (χ4n) is 3.34. The van der Waals surface area contributed by atoms with Gasteiger partial charge in [0.15, 0.2) is 0 Å². The molecule has 0 aliphatic heterocycles. The van der Waals surface area contributed by atoms with E-state index in [1.165, 1.54) is 24.5 Å². The smallest absolute Gasteiger partial charge is 0.255 e. The van der Waals surface area contributed by atoms with Crippen LogP contribution in [0.15, 0.2) is 65.7 Å². The van der Waals surface area contributed by atoms with Crippen molar-refractivity contribution in [2.75, 3.05) is 0 Å². The van der Waals surface area contributed by atoms with Gasteiger partial charge in [-0.25, -0.2) is 4.39 Å². The topological polar surface area (TPSA) is 84.8 Å². The SMILES string of the molecule is Cc1cc(-n2c(=O)ccc3cnc4ccc(/C(C=N)=C/N)cc4c32)ccc1F. The van der Waals surface area contributed by atoms with E-state index in [-0.39, 0.29) is 11.4 Å².